The van der Waals surface area contributed by atoms with Crippen LogP contribution < -0.4 is 14.2 Å². The predicted molar refractivity (Wildman–Crippen MR) is 113 cm³/mol. The number of rotatable bonds is 7. The number of hydrogen-bond donors (Lipinski definition) is 0. The zero-order valence-corrected chi connectivity index (χ0v) is 17.6. The number of methoxy groups -OCH3 is 2. The standard InChI is InChI=1S/C24H29NO5/c1-27-22-11-10-17(15-23(22)28-2)21-9-4-12-25(21)24(26)18-6-3-7-19(14-18)30-16-20-8-5-13-29-20/h3,6-7,10-11,14-15,20-21H,4-5,8-9,12-13,16H2,1-2H3. The molecule has 160 valence electrons. The van der Waals surface area contributed by atoms with Crippen molar-refractivity contribution in [1.29, 1.82) is 0 Å². The van der Waals surface area contributed by atoms with Gasteiger partial charge in [0.05, 0.1) is 26.4 Å². The van der Waals surface area contributed by atoms with Crippen LogP contribution in [-0.2, 0) is 4.74 Å². The van der Waals surface area contributed by atoms with Gasteiger partial charge in [-0.15, -0.1) is 0 Å². The van der Waals surface area contributed by atoms with Gasteiger partial charge in [0, 0.05) is 18.7 Å². The third-order valence-corrected chi connectivity index (χ3v) is 5.85. The van der Waals surface area contributed by atoms with Crippen LogP contribution in [0.25, 0.3) is 0 Å². The van der Waals surface area contributed by atoms with Gasteiger partial charge in [0.25, 0.3) is 5.91 Å². The van der Waals surface area contributed by atoms with E-state index in [2.05, 4.69) is 0 Å². The minimum atomic E-state index is 0.0220. The SMILES string of the molecule is COc1ccc(C2CCCN2C(=O)c2cccc(OCC3CCCO3)c2)cc1OC. The molecule has 1 amide bonds. The van der Waals surface area contributed by atoms with Gasteiger partial charge in [-0.2, -0.15) is 0 Å². The van der Waals surface area contributed by atoms with Crippen molar-refractivity contribution in [3.8, 4) is 17.2 Å². The van der Waals surface area contributed by atoms with Gasteiger partial charge in [0.2, 0.25) is 0 Å². The third-order valence-electron chi connectivity index (χ3n) is 5.85. The summed E-state index contributed by atoms with van der Waals surface area (Å²) in [6.07, 6.45) is 4.16. The highest BCUT2D eigenvalue weighted by Gasteiger charge is 2.31. The van der Waals surface area contributed by atoms with Gasteiger partial charge in [-0.05, 0) is 61.6 Å². The van der Waals surface area contributed by atoms with E-state index in [1.807, 2.05) is 47.4 Å². The van der Waals surface area contributed by atoms with Crippen LogP contribution in [0.2, 0.25) is 0 Å². The average Bonchev–Trinajstić information content (AvgIpc) is 3.49. The van der Waals surface area contributed by atoms with E-state index in [0.29, 0.717) is 29.4 Å². The Kier molecular flexibility index (Phi) is 6.43. The normalized spacial score (nSPS) is 20.9. The molecule has 6 nitrogen and oxygen atoms in total. The van der Waals surface area contributed by atoms with Crippen molar-refractivity contribution < 1.29 is 23.7 Å². The molecule has 0 aromatic heterocycles. The quantitative estimate of drug-likeness (QED) is 0.682. The maximum Gasteiger partial charge on any atom is 0.254 e. The number of likely N-dealkylation sites (tertiary alicyclic amines) is 1. The maximum atomic E-state index is 13.3. The van der Waals surface area contributed by atoms with E-state index < -0.39 is 0 Å². The van der Waals surface area contributed by atoms with Gasteiger partial charge in [-0.3, -0.25) is 4.79 Å². The number of hydrogen-bond acceptors (Lipinski definition) is 5. The smallest absolute Gasteiger partial charge is 0.254 e. The molecule has 2 aliphatic heterocycles. The summed E-state index contributed by atoms with van der Waals surface area (Å²) in [5, 5.41) is 0. The first-order valence-electron chi connectivity index (χ1n) is 10.6. The molecular formula is C24H29NO5. The van der Waals surface area contributed by atoms with Crippen molar-refractivity contribution in [3.05, 3.63) is 53.6 Å². The molecular weight excluding hydrogens is 382 g/mol. The second-order valence-electron chi connectivity index (χ2n) is 7.74. The fourth-order valence-electron chi connectivity index (χ4n) is 4.27. The highest BCUT2D eigenvalue weighted by atomic mass is 16.5. The van der Waals surface area contributed by atoms with E-state index in [0.717, 1.165) is 44.4 Å². The summed E-state index contributed by atoms with van der Waals surface area (Å²) in [6, 6.07) is 13.4. The van der Waals surface area contributed by atoms with E-state index >= 15 is 0 Å². The van der Waals surface area contributed by atoms with Gasteiger partial charge < -0.3 is 23.8 Å². The molecule has 2 heterocycles. The number of nitrogens with zero attached hydrogens (tertiary/aromatic N) is 1. The van der Waals surface area contributed by atoms with Crippen LogP contribution in [0.15, 0.2) is 42.5 Å². The van der Waals surface area contributed by atoms with E-state index in [-0.39, 0.29) is 18.1 Å². The Morgan fingerprint density at radius 3 is 2.70 bits per heavy atom. The lowest BCUT2D eigenvalue weighted by atomic mass is 10.0. The molecule has 30 heavy (non-hydrogen) atoms. The molecule has 0 spiro atoms. The van der Waals surface area contributed by atoms with E-state index in [1.54, 1.807) is 14.2 Å². The molecule has 0 radical (unpaired) electrons. The fraction of sp³-hybridized carbons (Fsp3) is 0.458. The minimum absolute atomic E-state index is 0.0220. The molecule has 2 aliphatic rings. The molecule has 2 unspecified atom stereocenters. The van der Waals surface area contributed by atoms with E-state index in [9.17, 15) is 4.79 Å². The Bertz CT molecular complexity index is 878. The topological polar surface area (TPSA) is 57.2 Å². The molecule has 2 aromatic rings. The lowest BCUT2D eigenvalue weighted by Gasteiger charge is -2.26. The highest BCUT2D eigenvalue weighted by Crippen LogP contribution is 2.37. The van der Waals surface area contributed by atoms with Gasteiger partial charge in [-0.1, -0.05) is 12.1 Å². The molecule has 4 rings (SSSR count). The Balaban J connectivity index is 1.49. The number of ether oxygens (including phenoxy) is 4. The summed E-state index contributed by atoms with van der Waals surface area (Å²) in [5.41, 5.74) is 1.71. The van der Waals surface area contributed by atoms with Gasteiger partial charge in [0.1, 0.15) is 12.4 Å². The first kappa shape index (κ1) is 20.5. The fourth-order valence-corrected chi connectivity index (χ4v) is 4.27. The molecule has 0 saturated carbocycles. The number of benzene rings is 2. The Hall–Kier alpha value is -2.73. The molecule has 0 aliphatic carbocycles. The summed E-state index contributed by atoms with van der Waals surface area (Å²) in [7, 11) is 3.25. The van der Waals surface area contributed by atoms with Gasteiger partial charge >= 0.3 is 0 Å². The average molecular weight is 411 g/mol. The highest BCUT2D eigenvalue weighted by molar-refractivity contribution is 5.95. The summed E-state index contributed by atoms with van der Waals surface area (Å²) in [6.45, 7) is 2.06. The second kappa shape index (κ2) is 9.39. The largest absolute Gasteiger partial charge is 0.493 e. The van der Waals surface area contributed by atoms with Crippen molar-refractivity contribution in [2.45, 2.75) is 37.8 Å². The number of amides is 1. The first-order chi connectivity index (χ1) is 14.7. The molecule has 0 N–H and O–H groups in total. The number of carbonyl (C=O) groups is 1. The lowest BCUT2D eigenvalue weighted by molar-refractivity contribution is 0.0676. The molecule has 2 atom stereocenters. The second-order valence-corrected chi connectivity index (χ2v) is 7.74. The maximum absolute atomic E-state index is 13.3. The predicted octanol–water partition coefficient (Wildman–Crippen LogP) is 4.24. The van der Waals surface area contributed by atoms with Crippen molar-refractivity contribution in [2.75, 3.05) is 34.0 Å². The Morgan fingerprint density at radius 1 is 1.07 bits per heavy atom. The van der Waals surface area contributed by atoms with Crippen molar-refractivity contribution in [3.63, 3.8) is 0 Å². The monoisotopic (exact) mass is 411 g/mol. The van der Waals surface area contributed by atoms with Crippen LogP contribution in [0, 0.1) is 0 Å². The van der Waals surface area contributed by atoms with E-state index in [4.69, 9.17) is 18.9 Å². The van der Waals surface area contributed by atoms with Gasteiger partial charge in [-0.25, -0.2) is 0 Å². The zero-order valence-electron chi connectivity index (χ0n) is 17.6. The van der Waals surface area contributed by atoms with Crippen LogP contribution in [0.5, 0.6) is 17.2 Å². The molecule has 6 heteroatoms. The Morgan fingerprint density at radius 2 is 1.93 bits per heavy atom. The third kappa shape index (κ3) is 4.38. The van der Waals surface area contributed by atoms with Crippen molar-refractivity contribution >= 4 is 5.91 Å². The molecule has 0 bridgehead atoms. The van der Waals surface area contributed by atoms with Crippen molar-refractivity contribution in [2.24, 2.45) is 0 Å². The molecule has 2 fully saturated rings. The molecule has 2 aromatic carbocycles. The van der Waals surface area contributed by atoms with Crippen LogP contribution in [-0.4, -0.2) is 50.9 Å². The zero-order chi connectivity index (χ0) is 20.9. The lowest BCUT2D eigenvalue weighted by Crippen LogP contribution is -2.30. The summed E-state index contributed by atoms with van der Waals surface area (Å²) in [5.74, 6) is 2.10. The number of carbonyl (C=O) groups excluding carboxylic acids is 1. The molecule has 2 saturated heterocycles. The van der Waals surface area contributed by atoms with Crippen LogP contribution in [0.1, 0.15) is 47.6 Å². The first-order valence-corrected chi connectivity index (χ1v) is 10.6. The van der Waals surface area contributed by atoms with Crippen LogP contribution in [0.3, 0.4) is 0 Å². The minimum Gasteiger partial charge on any atom is -0.493 e. The van der Waals surface area contributed by atoms with Crippen LogP contribution in [0.4, 0.5) is 0 Å². The summed E-state index contributed by atoms with van der Waals surface area (Å²) >= 11 is 0. The van der Waals surface area contributed by atoms with Gasteiger partial charge in [0.15, 0.2) is 11.5 Å². The summed E-state index contributed by atoms with van der Waals surface area (Å²) in [4.78, 5) is 15.3. The van der Waals surface area contributed by atoms with E-state index in [1.165, 1.54) is 0 Å². The van der Waals surface area contributed by atoms with Crippen LogP contribution >= 0.6 is 0 Å². The Labute approximate surface area is 177 Å². The van der Waals surface area contributed by atoms with Crippen molar-refractivity contribution in [1.82, 2.24) is 4.90 Å². The summed E-state index contributed by atoms with van der Waals surface area (Å²) < 4.78 is 22.3.